The van der Waals surface area contributed by atoms with Crippen LogP contribution in [0.15, 0.2) is 10.9 Å². The molecule has 0 amide bonds. The Kier molecular flexibility index (Phi) is 1.71. The summed E-state index contributed by atoms with van der Waals surface area (Å²) in [5.74, 6) is -0.0602. The van der Waals surface area contributed by atoms with Crippen molar-refractivity contribution in [3.8, 4) is 0 Å². The molecule has 0 N–H and O–H groups in total. The van der Waals surface area contributed by atoms with Crippen LogP contribution in [0.3, 0.4) is 0 Å². The molecule has 6 heteroatoms. The lowest BCUT2D eigenvalue weighted by atomic mass is 10.8. The Hall–Kier alpha value is -0.910. The monoisotopic (exact) mass is 162 g/mol. The maximum absolute atomic E-state index is 10.6. The largest absolute Gasteiger partial charge is 0.339 e. The number of aromatic nitrogens is 2. The van der Waals surface area contributed by atoms with Gasteiger partial charge in [-0.1, -0.05) is 5.16 Å². The highest BCUT2D eigenvalue weighted by atomic mass is 32.2. The van der Waals surface area contributed by atoms with Gasteiger partial charge in [0.25, 0.3) is 0 Å². The van der Waals surface area contributed by atoms with Crippen LogP contribution in [-0.4, -0.2) is 24.8 Å². The van der Waals surface area contributed by atoms with E-state index in [1.807, 2.05) is 0 Å². The molecule has 0 radical (unpaired) electrons. The fraction of sp³-hybridized carbons (Fsp3) is 0.500. The summed E-state index contributed by atoms with van der Waals surface area (Å²) in [4.78, 5) is 3.54. The number of nitrogens with zero attached hydrogens (tertiary/aromatic N) is 2. The van der Waals surface area contributed by atoms with E-state index in [1.165, 1.54) is 6.33 Å². The zero-order valence-corrected chi connectivity index (χ0v) is 6.13. The molecule has 0 fully saturated rings. The second-order valence-electron chi connectivity index (χ2n) is 1.91. The van der Waals surface area contributed by atoms with Crippen molar-refractivity contribution in [3.63, 3.8) is 0 Å². The minimum atomic E-state index is -3.04. The van der Waals surface area contributed by atoms with Gasteiger partial charge in [-0.25, -0.2) is 8.42 Å². The van der Waals surface area contributed by atoms with Crippen molar-refractivity contribution < 1.29 is 12.9 Å². The van der Waals surface area contributed by atoms with Crippen LogP contribution in [0.1, 0.15) is 5.89 Å². The summed E-state index contributed by atoms with van der Waals surface area (Å²) in [6, 6.07) is 0. The molecule has 0 aliphatic rings. The van der Waals surface area contributed by atoms with E-state index >= 15 is 0 Å². The van der Waals surface area contributed by atoms with Gasteiger partial charge in [0, 0.05) is 6.26 Å². The van der Waals surface area contributed by atoms with Crippen LogP contribution in [0.4, 0.5) is 0 Å². The molecule has 10 heavy (non-hydrogen) atoms. The number of sulfone groups is 1. The summed E-state index contributed by atoms with van der Waals surface area (Å²) in [7, 11) is -3.04. The average molecular weight is 162 g/mol. The van der Waals surface area contributed by atoms with Crippen molar-refractivity contribution in [2.24, 2.45) is 0 Å². The Bertz CT molecular complexity index is 288. The number of hydrogen-bond acceptors (Lipinski definition) is 5. The van der Waals surface area contributed by atoms with Gasteiger partial charge >= 0.3 is 0 Å². The molecule has 0 bridgehead atoms. The van der Waals surface area contributed by atoms with E-state index in [1.54, 1.807) is 0 Å². The van der Waals surface area contributed by atoms with Gasteiger partial charge < -0.3 is 4.52 Å². The van der Waals surface area contributed by atoms with Gasteiger partial charge in [-0.05, 0) is 0 Å². The third kappa shape index (κ3) is 2.14. The highest BCUT2D eigenvalue weighted by Crippen LogP contribution is 1.97. The van der Waals surface area contributed by atoms with Crippen LogP contribution in [0.2, 0.25) is 0 Å². The zero-order chi connectivity index (χ0) is 7.61. The highest BCUT2D eigenvalue weighted by Gasteiger charge is 2.07. The van der Waals surface area contributed by atoms with E-state index < -0.39 is 9.84 Å². The van der Waals surface area contributed by atoms with Crippen LogP contribution in [0.5, 0.6) is 0 Å². The SMILES string of the molecule is CS(=O)(=O)Cc1ncno1. The molecule has 0 saturated carbocycles. The molecule has 0 unspecified atom stereocenters. The van der Waals surface area contributed by atoms with Crippen LogP contribution in [0, 0.1) is 0 Å². The van der Waals surface area contributed by atoms with E-state index in [-0.39, 0.29) is 11.6 Å². The molecule has 1 rings (SSSR count). The van der Waals surface area contributed by atoms with Gasteiger partial charge in [0.15, 0.2) is 16.2 Å². The molecular weight excluding hydrogens is 156 g/mol. The van der Waals surface area contributed by atoms with Crippen molar-refractivity contribution in [1.82, 2.24) is 10.1 Å². The van der Waals surface area contributed by atoms with Crippen LogP contribution >= 0.6 is 0 Å². The lowest BCUT2D eigenvalue weighted by Gasteiger charge is -1.87. The van der Waals surface area contributed by atoms with Crippen LogP contribution in [-0.2, 0) is 15.6 Å². The van der Waals surface area contributed by atoms with Crippen LogP contribution < -0.4 is 0 Å². The topological polar surface area (TPSA) is 73.1 Å². The number of hydrogen-bond donors (Lipinski definition) is 0. The molecule has 0 aromatic carbocycles. The molecule has 0 aliphatic heterocycles. The Morgan fingerprint density at radius 3 is 2.80 bits per heavy atom. The summed E-state index contributed by atoms with van der Waals surface area (Å²) in [5, 5.41) is 3.26. The molecule has 0 aliphatic carbocycles. The zero-order valence-electron chi connectivity index (χ0n) is 5.31. The van der Waals surface area contributed by atoms with E-state index in [0.29, 0.717) is 0 Å². The first-order valence-corrected chi connectivity index (χ1v) is 4.57. The first-order chi connectivity index (χ1) is 4.58. The molecule has 1 heterocycles. The maximum atomic E-state index is 10.6. The molecule has 1 aromatic heterocycles. The summed E-state index contributed by atoms with van der Waals surface area (Å²) in [6.07, 6.45) is 2.28. The molecule has 5 nitrogen and oxygen atoms in total. The Balaban J connectivity index is 2.75. The summed E-state index contributed by atoms with van der Waals surface area (Å²) >= 11 is 0. The quantitative estimate of drug-likeness (QED) is 0.592. The second-order valence-corrected chi connectivity index (χ2v) is 4.05. The second kappa shape index (κ2) is 2.37. The van der Waals surface area contributed by atoms with Gasteiger partial charge in [0.05, 0.1) is 0 Å². The van der Waals surface area contributed by atoms with Gasteiger partial charge in [0.1, 0.15) is 5.75 Å². The lowest BCUT2D eigenvalue weighted by Crippen LogP contribution is -2.00. The smallest absolute Gasteiger partial charge is 0.241 e. The standard InChI is InChI=1S/C4H6N2O3S/c1-10(7,8)2-4-5-3-6-9-4/h3H,2H2,1H3. The van der Waals surface area contributed by atoms with Gasteiger partial charge in [-0.15, -0.1) is 0 Å². The molecule has 0 atom stereocenters. The minimum absolute atomic E-state index is 0.127. The summed E-state index contributed by atoms with van der Waals surface area (Å²) in [5.41, 5.74) is 0. The average Bonchev–Trinajstić information content (AvgIpc) is 2.12. The predicted molar refractivity (Wildman–Crippen MR) is 32.8 cm³/mol. The van der Waals surface area contributed by atoms with Crippen molar-refractivity contribution in [3.05, 3.63) is 12.2 Å². The van der Waals surface area contributed by atoms with Crippen LogP contribution in [0.25, 0.3) is 0 Å². The normalized spacial score (nSPS) is 11.7. The van der Waals surface area contributed by atoms with E-state index in [0.717, 1.165) is 6.26 Å². The predicted octanol–water partition coefficient (Wildman–Crippen LogP) is -0.386. The van der Waals surface area contributed by atoms with E-state index in [2.05, 4.69) is 14.7 Å². The fourth-order valence-electron chi connectivity index (χ4n) is 0.484. The third-order valence-electron chi connectivity index (χ3n) is 0.793. The highest BCUT2D eigenvalue weighted by molar-refractivity contribution is 7.89. The molecule has 0 saturated heterocycles. The van der Waals surface area contributed by atoms with Crippen molar-refractivity contribution >= 4 is 9.84 Å². The maximum Gasteiger partial charge on any atom is 0.241 e. The molecule has 0 spiro atoms. The van der Waals surface area contributed by atoms with E-state index in [4.69, 9.17) is 0 Å². The van der Waals surface area contributed by atoms with Gasteiger partial charge in [-0.2, -0.15) is 4.98 Å². The minimum Gasteiger partial charge on any atom is -0.339 e. The van der Waals surface area contributed by atoms with Crippen molar-refractivity contribution in [1.29, 1.82) is 0 Å². The third-order valence-corrected chi connectivity index (χ3v) is 1.56. The Morgan fingerprint density at radius 2 is 2.40 bits per heavy atom. The van der Waals surface area contributed by atoms with Crippen molar-refractivity contribution in [2.45, 2.75) is 5.75 Å². The molecular formula is C4H6N2O3S. The Labute approximate surface area is 58.0 Å². The fourth-order valence-corrected chi connectivity index (χ4v) is 1.06. The molecule has 56 valence electrons. The van der Waals surface area contributed by atoms with E-state index in [9.17, 15) is 8.42 Å². The summed E-state index contributed by atoms with van der Waals surface area (Å²) in [6.45, 7) is 0. The lowest BCUT2D eigenvalue weighted by molar-refractivity contribution is 0.388. The Morgan fingerprint density at radius 1 is 1.70 bits per heavy atom. The first-order valence-electron chi connectivity index (χ1n) is 2.51. The van der Waals surface area contributed by atoms with Crippen molar-refractivity contribution in [2.75, 3.05) is 6.26 Å². The first kappa shape index (κ1) is 7.20. The van der Waals surface area contributed by atoms with Gasteiger partial charge in [-0.3, -0.25) is 0 Å². The summed E-state index contributed by atoms with van der Waals surface area (Å²) < 4.78 is 25.6. The van der Waals surface area contributed by atoms with Gasteiger partial charge in [0.2, 0.25) is 5.89 Å². The number of rotatable bonds is 2. The molecule has 1 aromatic rings.